The first-order valence-electron chi connectivity index (χ1n) is 3.87. The highest BCUT2D eigenvalue weighted by Gasteiger charge is 1.94. The Balaban J connectivity index is 3.20. The molecule has 0 rings (SSSR count). The van der Waals surface area contributed by atoms with Crippen molar-refractivity contribution in [1.82, 2.24) is 0 Å². The van der Waals surface area contributed by atoms with E-state index in [0.717, 1.165) is 19.1 Å². The monoisotopic (exact) mass is 140 g/mol. The van der Waals surface area contributed by atoms with Gasteiger partial charge in [-0.3, -0.25) is 0 Å². The zero-order valence-corrected chi connectivity index (χ0v) is 6.84. The van der Waals surface area contributed by atoms with Crippen molar-refractivity contribution in [2.75, 3.05) is 0 Å². The molecule has 0 aliphatic rings. The molecular formula is C9H16O. The van der Waals surface area contributed by atoms with E-state index in [0.29, 0.717) is 12.3 Å². The van der Waals surface area contributed by atoms with Gasteiger partial charge < -0.3 is 4.79 Å². The number of rotatable bonds is 5. The molecule has 0 saturated carbocycles. The molecular weight excluding hydrogens is 124 g/mol. The summed E-state index contributed by atoms with van der Waals surface area (Å²) in [5.41, 5.74) is 0. The summed E-state index contributed by atoms with van der Waals surface area (Å²) >= 11 is 0. The van der Waals surface area contributed by atoms with Crippen molar-refractivity contribution >= 4 is 6.29 Å². The summed E-state index contributed by atoms with van der Waals surface area (Å²) in [4.78, 5) is 9.93. The normalized spacial score (nSPS) is 13.8. The Morgan fingerprint density at radius 2 is 2.20 bits per heavy atom. The van der Waals surface area contributed by atoms with Crippen LogP contribution < -0.4 is 0 Å². The van der Waals surface area contributed by atoms with E-state index in [1.165, 1.54) is 0 Å². The molecule has 58 valence electrons. The zero-order chi connectivity index (χ0) is 7.82. The van der Waals surface area contributed by atoms with Crippen LogP contribution in [0.2, 0.25) is 0 Å². The lowest BCUT2D eigenvalue weighted by atomic mass is 10.0. The first kappa shape index (κ1) is 9.41. The average Bonchev–Trinajstić information content (AvgIpc) is 1.89. The highest BCUT2D eigenvalue weighted by Crippen LogP contribution is 2.07. The molecule has 10 heavy (non-hydrogen) atoms. The molecule has 0 aromatic carbocycles. The smallest absolute Gasteiger partial charge is 0.119 e. The summed E-state index contributed by atoms with van der Waals surface area (Å²) < 4.78 is 0. The quantitative estimate of drug-likeness (QED) is 0.326. The van der Waals surface area contributed by atoms with E-state index in [-0.39, 0.29) is 0 Å². The van der Waals surface area contributed by atoms with Gasteiger partial charge in [0.05, 0.1) is 0 Å². The van der Waals surface area contributed by atoms with Crippen LogP contribution in [-0.4, -0.2) is 6.29 Å². The second-order valence-electron chi connectivity index (χ2n) is 2.60. The fraction of sp³-hybridized carbons (Fsp3) is 0.667. The van der Waals surface area contributed by atoms with Crippen LogP contribution >= 0.6 is 0 Å². The van der Waals surface area contributed by atoms with Crippen LogP contribution in [0.15, 0.2) is 12.2 Å². The fourth-order valence-corrected chi connectivity index (χ4v) is 0.948. The lowest BCUT2D eigenvalue weighted by molar-refractivity contribution is -0.107. The zero-order valence-electron chi connectivity index (χ0n) is 6.84. The molecule has 0 bridgehead atoms. The second kappa shape index (κ2) is 6.53. The average molecular weight is 140 g/mol. The van der Waals surface area contributed by atoms with Crippen LogP contribution in [0.3, 0.4) is 0 Å². The van der Waals surface area contributed by atoms with Crippen molar-refractivity contribution < 1.29 is 4.79 Å². The van der Waals surface area contributed by atoms with E-state index in [4.69, 9.17) is 0 Å². The Hall–Kier alpha value is -0.590. The van der Waals surface area contributed by atoms with Crippen LogP contribution in [0.25, 0.3) is 0 Å². The molecule has 0 fully saturated rings. The maximum absolute atomic E-state index is 9.93. The molecule has 0 aliphatic heterocycles. The van der Waals surface area contributed by atoms with Crippen LogP contribution in [0.5, 0.6) is 0 Å². The summed E-state index contributed by atoms with van der Waals surface area (Å²) in [5, 5.41) is 0. The van der Waals surface area contributed by atoms with Crippen molar-refractivity contribution in [3.8, 4) is 0 Å². The highest BCUT2D eigenvalue weighted by molar-refractivity contribution is 5.48. The standard InChI is InChI=1S/C9H16O/c1-3-6-9(2)7-4-5-8-10/h3,6,8-9H,4-5,7H2,1-2H3. The first-order valence-corrected chi connectivity index (χ1v) is 3.87. The fourth-order valence-electron chi connectivity index (χ4n) is 0.948. The Morgan fingerprint density at radius 3 is 2.70 bits per heavy atom. The minimum absolute atomic E-state index is 0.630. The Kier molecular flexibility index (Phi) is 6.14. The lowest BCUT2D eigenvalue weighted by Gasteiger charge is -2.01. The first-order chi connectivity index (χ1) is 4.81. The van der Waals surface area contributed by atoms with Gasteiger partial charge in [0.1, 0.15) is 6.29 Å². The number of allylic oxidation sites excluding steroid dienone is 2. The third kappa shape index (κ3) is 5.54. The van der Waals surface area contributed by atoms with Gasteiger partial charge >= 0.3 is 0 Å². The van der Waals surface area contributed by atoms with Crippen LogP contribution in [0.1, 0.15) is 33.1 Å². The van der Waals surface area contributed by atoms with Gasteiger partial charge in [-0.15, -0.1) is 0 Å². The molecule has 1 nitrogen and oxygen atoms in total. The Bertz CT molecular complexity index is 105. The summed E-state index contributed by atoms with van der Waals surface area (Å²) in [6.45, 7) is 4.20. The molecule has 0 aromatic heterocycles. The van der Waals surface area contributed by atoms with E-state index < -0.39 is 0 Å². The summed E-state index contributed by atoms with van der Waals surface area (Å²) in [5.74, 6) is 0.630. The minimum Gasteiger partial charge on any atom is -0.303 e. The van der Waals surface area contributed by atoms with Crippen LogP contribution in [0, 0.1) is 5.92 Å². The largest absolute Gasteiger partial charge is 0.303 e. The van der Waals surface area contributed by atoms with Crippen molar-refractivity contribution in [3.05, 3.63) is 12.2 Å². The summed E-state index contributed by atoms with van der Waals surface area (Å²) in [6, 6.07) is 0. The SMILES string of the molecule is CC=CC(C)CCCC=O. The summed E-state index contributed by atoms with van der Waals surface area (Å²) in [7, 11) is 0. The molecule has 0 saturated heterocycles. The molecule has 0 aliphatic carbocycles. The second-order valence-corrected chi connectivity index (χ2v) is 2.60. The van der Waals surface area contributed by atoms with E-state index >= 15 is 0 Å². The van der Waals surface area contributed by atoms with Crippen molar-refractivity contribution in [2.24, 2.45) is 5.92 Å². The lowest BCUT2D eigenvalue weighted by Crippen LogP contribution is -1.89. The number of aldehydes is 1. The predicted octanol–water partition coefficient (Wildman–Crippen LogP) is 2.57. The van der Waals surface area contributed by atoms with Crippen molar-refractivity contribution in [3.63, 3.8) is 0 Å². The van der Waals surface area contributed by atoms with Crippen molar-refractivity contribution in [1.29, 1.82) is 0 Å². The highest BCUT2D eigenvalue weighted by atomic mass is 16.1. The van der Waals surface area contributed by atoms with Crippen molar-refractivity contribution in [2.45, 2.75) is 33.1 Å². The van der Waals surface area contributed by atoms with Gasteiger partial charge in [-0.2, -0.15) is 0 Å². The number of carbonyl (C=O) groups excluding carboxylic acids is 1. The molecule has 0 spiro atoms. The molecule has 0 radical (unpaired) electrons. The third-order valence-corrected chi connectivity index (χ3v) is 1.50. The van der Waals surface area contributed by atoms with Gasteiger partial charge in [0.15, 0.2) is 0 Å². The molecule has 1 unspecified atom stereocenters. The van der Waals surface area contributed by atoms with E-state index in [1.807, 2.05) is 6.92 Å². The molecule has 0 N–H and O–H groups in total. The Labute approximate surface area is 63.1 Å². The molecule has 1 heteroatoms. The van der Waals surface area contributed by atoms with E-state index in [2.05, 4.69) is 19.1 Å². The minimum atomic E-state index is 0.630. The van der Waals surface area contributed by atoms with Gasteiger partial charge in [0, 0.05) is 6.42 Å². The predicted molar refractivity (Wildman–Crippen MR) is 43.9 cm³/mol. The van der Waals surface area contributed by atoms with E-state index in [9.17, 15) is 4.79 Å². The van der Waals surface area contributed by atoms with Gasteiger partial charge in [-0.1, -0.05) is 19.1 Å². The Morgan fingerprint density at radius 1 is 1.50 bits per heavy atom. The number of unbranched alkanes of at least 4 members (excludes halogenated alkanes) is 1. The number of hydrogen-bond acceptors (Lipinski definition) is 1. The summed E-state index contributed by atoms with van der Waals surface area (Å²) in [6.07, 6.45) is 8.08. The molecule has 0 amide bonds. The third-order valence-electron chi connectivity index (χ3n) is 1.50. The van der Waals surface area contributed by atoms with Gasteiger partial charge in [-0.05, 0) is 25.7 Å². The van der Waals surface area contributed by atoms with Gasteiger partial charge in [-0.25, -0.2) is 0 Å². The van der Waals surface area contributed by atoms with E-state index in [1.54, 1.807) is 0 Å². The maximum atomic E-state index is 9.93. The van der Waals surface area contributed by atoms with Gasteiger partial charge in [0.25, 0.3) is 0 Å². The van der Waals surface area contributed by atoms with Crippen LogP contribution in [-0.2, 0) is 4.79 Å². The van der Waals surface area contributed by atoms with Gasteiger partial charge in [0.2, 0.25) is 0 Å². The number of carbonyl (C=O) groups is 1. The maximum Gasteiger partial charge on any atom is 0.119 e. The molecule has 0 aromatic rings. The topological polar surface area (TPSA) is 17.1 Å². The van der Waals surface area contributed by atoms with Crippen LogP contribution in [0.4, 0.5) is 0 Å². The number of hydrogen-bond donors (Lipinski definition) is 0. The molecule has 0 heterocycles. The molecule has 1 atom stereocenters.